The summed E-state index contributed by atoms with van der Waals surface area (Å²) in [5.41, 5.74) is -4.70. The fourth-order valence-electron chi connectivity index (χ4n) is 8.02. The molecule has 2 aliphatic carbocycles. The highest BCUT2D eigenvalue weighted by atomic mass is 32.2. The van der Waals surface area contributed by atoms with Crippen LogP contribution < -0.4 is 29.6 Å². The number of nitrogens with one attached hydrogen (secondary N) is 3. The summed E-state index contributed by atoms with van der Waals surface area (Å²) < 4.78 is 104. The SMILES string of the molecule is CCOc1cnc(O[C@@H]2C[C@H]3C(=O)N[C@]4(C(=O)NS(=O)(=O)C5(CF)CC5)C[C@H]4/C=C/CC[C@@H](C)C[C@@H](C)[C@H](NC(=O)OC(C)(C)C(F)(F)F)C(=O)N3C2)c2ccc(OC)cc12. The quantitative estimate of drug-likeness (QED) is 0.197. The molecule has 6 rings (SSSR count). The van der Waals surface area contributed by atoms with E-state index in [2.05, 4.69) is 15.6 Å². The van der Waals surface area contributed by atoms with Crippen LogP contribution in [0.1, 0.15) is 79.6 Å². The second kappa shape index (κ2) is 17.1. The number of nitrogens with zero attached hydrogens (tertiary/aromatic N) is 2. The van der Waals surface area contributed by atoms with E-state index in [9.17, 15) is 45.2 Å². The highest BCUT2D eigenvalue weighted by Crippen LogP contribution is 2.48. The number of alkyl carbamates (subject to hydrolysis) is 1. The van der Waals surface area contributed by atoms with Crippen LogP contribution in [0.25, 0.3) is 10.8 Å². The van der Waals surface area contributed by atoms with Gasteiger partial charge >= 0.3 is 12.3 Å². The number of amides is 4. The topological polar surface area (TPSA) is 192 Å². The van der Waals surface area contributed by atoms with Crippen molar-refractivity contribution < 1.29 is 64.1 Å². The lowest BCUT2D eigenvalue weighted by atomic mass is 9.88. The molecule has 1 saturated heterocycles. The van der Waals surface area contributed by atoms with Gasteiger partial charge in [0, 0.05) is 23.1 Å². The predicted octanol–water partition coefficient (Wildman–Crippen LogP) is 5.26. The Morgan fingerprint density at radius 2 is 1.82 bits per heavy atom. The Morgan fingerprint density at radius 3 is 2.46 bits per heavy atom. The van der Waals surface area contributed by atoms with Crippen molar-refractivity contribution in [3.8, 4) is 17.4 Å². The summed E-state index contributed by atoms with van der Waals surface area (Å²) in [5, 5.41) is 6.18. The van der Waals surface area contributed by atoms with E-state index in [0.717, 1.165) is 4.90 Å². The molecular formula is C41H53F4N5O10S. The molecule has 0 bridgehead atoms. The van der Waals surface area contributed by atoms with Gasteiger partial charge in [-0.1, -0.05) is 26.0 Å². The fraction of sp³-hybridized carbons (Fsp3) is 0.634. The number of ether oxygens (including phenoxy) is 4. The van der Waals surface area contributed by atoms with Gasteiger partial charge in [0.15, 0.2) is 0 Å². The maximum absolute atomic E-state index is 14.8. The Labute approximate surface area is 351 Å². The molecule has 20 heteroatoms. The van der Waals surface area contributed by atoms with E-state index < -0.39 is 92.6 Å². The molecule has 2 aromatic rings. The third-order valence-electron chi connectivity index (χ3n) is 12.2. The van der Waals surface area contributed by atoms with E-state index in [4.69, 9.17) is 18.9 Å². The number of alkyl halides is 4. The maximum Gasteiger partial charge on any atom is 0.427 e. The van der Waals surface area contributed by atoms with Crippen molar-refractivity contribution >= 4 is 44.6 Å². The molecule has 1 aromatic heterocycles. The largest absolute Gasteiger partial charge is 0.497 e. The molecule has 4 amide bonds. The van der Waals surface area contributed by atoms with Crippen LogP contribution in [0.2, 0.25) is 0 Å². The zero-order valence-electron chi connectivity index (χ0n) is 34.9. The minimum atomic E-state index is -4.94. The fourth-order valence-corrected chi connectivity index (χ4v) is 9.44. The molecular weight excluding hydrogens is 831 g/mol. The Hall–Kier alpha value is -4.88. The number of sulfonamides is 1. The van der Waals surface area contributed by atoms with Gasteiger partial charge in [-0.15, -0.1) is 0 Å². The lowest BCUT2D eigenvalue weighted by Gasteiger charge is -2.34. The van der Waals surface area contributed by atoms with Gasteiger partial charge in [-0.25, -0.2) is 22.6 Å². The number of fused-ring (bicyclic) bond motifs is 3. The maximum atomic E-state index is 14.8. The first-order valence-electron chi connectivity index (χ1n) is 20.3. The molecule has 336 valence electrons. The molecule has 4 aliphatic rings. The average Bonchev–Trinajstić information content (AvgIpc) is 4.10. The van der Waals surface area contributed by atoms with Gasteiger partial charge in [0.1, 0.15) is 46.6 Å². The smallest absolute Gasteiger partial charge is 0.427 e. The minimum absolute atomic E-state index is 0.00294. The summed E-state index contributed by atoms with van der Waals surface area (Å²) in [6.07, 6.45) is -1.17. The van der Waals surface area contributed by atoms with Crippen LogP contribution in [0.15, 0.2) is 36.5 Å². The second-order valence-corrected chi connectivity index (χ2v) is 19.2. The summed E-state index contributed by atoms with van der Waals surface area (Å²) >= 11 is 0. The zero-order chi connectivity index (χ0) is 44.7. The molecule has 3 heterocycles. The van der Waals surface area contributed by atoms with Gasteiger partial charge in [-0.2, -0.15) is 13.2 Å². The number of methoxy groups -OCH3 is 1. The summed E-state index contributed by atoms with van der Waals surface area (Å²) in [7, 11) is -2.97. The van der Waals surface area contributed by atoms with E-state index in [1.807, 2.05) is 11.6 Å². The van der Waals surface area contributed by atoms with Gasteiger partial charge in [0.05, 0.1) is 26.5 Å². The first-order chi connectivity index (χ1) is 28.6. The average molecular weight is 884 g/mol. The number of halogens is 4. The summed E-state index contributed by atoms with van der Waals surface area (Å²) in [4.78, 5) is 62.1. The van der Waals surface area contributed by atoms with Gasteiger partial charge in [0.25, 0.3) is 5.91 Å². The van der Waals surface area contributed by atoms with Gasteiger partial charge in [-0.05, 0) is 89.3 Å². The normalized spacial score (nSPS) is 28.5. The highest BCUT2D eigenvalue weighted by Gasteiger charge is 2.64. The number of pyridine rings is 1. The van der Waals surface area contributed by atoms with Crippen LogP contribution >= 0.6 is 0 Å². The van der Waals surface area contributed by atoms with Crippen molar-refractivity contribution in [1.29, 1.82) is 0 Å². The number of carbonyl (C=O) groups is 4. The number of hydrogen-bond acceptors (Lipinski definition) is 11. The lowest BCUT2D eigenvalue weighted by molar-refractivity contribution is -0.244. The summed E-state index contributed by atoms with van der Waals surface area (Å²) in [6.45, 7) is 5.57. The van der Waals surface area contributed by atoms with Crippen molar-refractivity contribution in [2.75, 3.05) is 26.9 Å². The first-order valence-corrected chi connectivity index (χ1v) is 21.8. The van der Waals surface area contributed by atoms with E-state index >= 15 is 0 Å². The van der Waals surface area contributed by atoms with Crippen LogP contribution in [0.5, 0.6) is 17.4 Å². The minimum Gasteiger partial charge on any atom is -0.497 e. The number of allylic oxidation sites excluding steroid dienone is 1. The molecule has 2 aliphatic heterocycles. The Morgan fingerprint density at radius 1 is 1.10 bits per heavy atom. The molecule has 61 heavy (non-hydrogen) atoms. The van der Waals surface area contributed by atoms with E-state index in [0.29, 0.717) is 62.0 Å². The number of hydrogen-bond donors (Lipinski definition) is 3. The zero-order valence-corrected chi connectivity index (χ0v) is 35.7. The van der Waals surface area contributed by atoms with Crippen LogP contribution in [0.4, 0.5) is 22.4 Å². The molecule has 3 N–H and O–H groups in total. The van der Waals surface area contributed by atoms with Crippen molar-refractivity contribution in [3.63, 3.8) is 0 Å². The number of aromatic nitrogens is 1. The number of benzene rings is 1. The van der Waals surface area contributed by atoms with Crippen LogP contribution in [-0.4, -0.2) is 109 Å². The molecule has 0 radical (unpaired) electrons. The molecule has 0 unspecified atom stereocenters. The monoisotopic (exact) mass is 883 g/mol. The van der Waals surface area contributed by atoms with Crippen molar-refractivity contribution in [2.24, 2.45) is 17.8 Å². The highest BCUT2D eigenvalue weighted by molar-refractivity contribution is 7.91. The second-order valence-electron chi connectivity index (χ2n) is 17.1. The van der Waals surface area contributed by atoms with E-state index in [1.165, 1.54) is 13.3 Å². The standard InChI is InChI=1S/C41H53F4N5O10S/c1-7-58-31-20-46-34(28-13-12-26(57-6)17-29(28)31)59-27-18-30-33(51)48-40(36(53)49-61(55,56)39(22-42)14-15-39)19-25(40)11-9-8-10-23(2)16-24(3)32(35(52)50(30)21-27)47-37(54)60-38(4,5)41(43,44)45/h9,11-13,17,20,23-25,27,30,32H,7-8,10,14-16,18-19,21-22H2,1-6H3,(H,47,54)(H,48,51)(H,49,53)/b11-9+/t23-,24-,25-,27-,30+,32+,40-/m1/s1. The third kappa shape index (κ3) is 9.33. The van der Waals surface area contributed by atoms with Crippen LogP contribution in [-0.2, 0) is 29.1 Å². The number of rotatable bonds is 11. The molecule has 1 aromatic carbocycles. The Balaban J connectivity index is 1.37. The van der Waals surface area contributed by atoms with Gasteiger partial charge < -0.3 is 34.5 Å². The predicted molar refractivity (Wildman–Crippen MR) is 213 cm³/mol. The van der Waals surface area contributed by atoms with E-state index in [-0.39, 0.29) is 44.0 Å². The van der Waals surface area contributed by atoms with Crippen molar-refractivity contribution in [1.82, 2.24) is 25.2 Å². The Bertz CT molecular complexity index is 2170. The van der Waals surface area contributed by atoms with Crippen LogP contribution in [0.3, 0.4) is 0 Å². The molecule has 15 nitrogen and oxygen atoms in total. The van der Waals surface area contributed by atoms with Gasteiger partial charge in [-0.3, -0.25) is 19.1 Å². The summed E-state index contributed by atoms with van der Waals surface area (Å²) in [6, 6.07) is 2.22. The van der Waals surface area contributed by atoms with E-state index in [1.54, 1.807) is 44.2 Å². The number of carbonyl (C=O) groups excluding carboxylic acids is 4. The van der Waals surface area contributed by atoms with Crippen molar-refractivity contribution in [2.45, 2.75) is 120 Å². The van der Waals surface area contributed by atoms with Crippen molar-refractivity contribution in [3.05, 3.63) is 36.5 Å². The van der Waals surface area contributed by atoms with Gasteiger partial charge in [0.2, 0.25) is 33.3 Å². The summed E-state index contributed by atoms with van der Waals surface area (Å²) in [5.74, 6) is -3.09. The third-order valence-corrected chi connectivity index (χ3v) is 14.3. The molecule has 0 spiro atoms. The van der Waals surface area contributed by atoms with Crippen LogP contribution in [0, 0.1) is 17.8 Å². The first kappa shape index (κ1) is 45.6. The molecule has 7 atom stereocenters. The molecule has 2 saturated carbocycles. The lowest BCUT2D eigenvalue weighted by Crippen LogP contribution is -2.60. The Kier molecular flexibility index (Phi) is 12.8. The molecule has 3 fully saturated rings.